The van der Waals surface area contributed by atoms with Crippen molar-refractivity contribution in [3.05, 3.63) is 70.6 Å². The molecule has 0 aromatic heterocycles. The molecule has 0 fully saturated rings. The normalized spacial score (nSPS) is 15.8. The molecule has 6 heteroatoms. The summed E-state index contributed by atoms with van der Waals surface area (Å²) in [6, 6.07) is 13.7. The smallest absolute Gasteiger partial charge is 0.340 e. The van der Waals surface area contributed by atoms with Gasteiger partial charge in [-0.15, -0.1) is 0 Å². The van der Waals surface area contributed by atoms with E-state index in [1.54, 1.807) is 37.3 Å². The third-order valence-corrected chi connectivity index (χ3v) is 3.97. The summed E-state index contributed by atoms with van der Waals surface area (Å²) < 4.78 is 10.7. The number of carbonyl (C=O) groups is 1. The Kier molecular flexibility index (Phi) is 4.31. The molecule has 0 radical (unpaired) electrons. The van der Waals surface area contributed by atoms with Crippen molar-refractivity contribution in [3.63, 3.8) is 0 Å². The second-order valence-corrected chi connectivity index (χ2v) is 5.45. The molecule has 1 atom stereocenters. The number of benzene rings is 2. The van der Waals surface area contributed by atoms with Crippen LogP contribution in [0.15, 0.2) is 53.9 Å². The van der Waals surface area contributed by atoms with Crippen LogP contribution < -0.4 is 10.5 Å². The third kappa shape index (κ3) is 2.88. The second kappa shape index (κ2) is 6.57. The lowest BCUT2D eigenvalue weighted by atomic mass is 9.81. The van der Waals surface area contributed by atoms with E-state index in [9.17, 15) is 15.2 Å². The fourth-order valence-electron chi connectivity index (χ4n) is 2.92. The molecular formula is C19H16N2O4. The van der Waals surface area contributed by atoms with Crippen LogP contribution in [0.2, 0.25) is 0 Å². The number of rotatable bonds is 3. The topological polar surface area (TPSA) is 106 Å². The number of phenols is 1. The first kappa shape index (κ1) is 16.4. The molecule has 25 heavy (non-hydrogen) atoms. The van der Waals surface area contributed by atoms with Crippen molar-refractivity contribution < 1.29 is 19.4 Å². The largest absolute Gasteiger partial charge is 0.508 e. The van der Waals surface area contributed by atoms with Crippen LogP contribution >= 0.6 is 0 Å². The van der Waals surface area contributed by atoms with Gasteiger partial charge in [-0.3, -0.25) is 0 Å². The van der Waals surface area contributed by atoms with E-state index in [1.807, 2.05) is 0 Å². The zero-order valence-electron chi connectivity index (χ0n) is 13.5. The summed E-state index contributed by atoms with van der Waals surface area (Å²) in [5, 5.41) is 19.2. The number of esters is 1. The Labute approximate surface area is 144 Å². The SMILES string of the molecule is CCOC(=O)C1=C(N)Oc2cc(O)ccc2C1c1ccccc1C#N. The fraction of sp³-hybridized carbons (Fsp3) is 0.158. The Morgan fingerprint density at radius 3 is 2.80 bits per heavy atom. The van der Waals surface area contributed by atoms with Gasteiger partial charge in [0.2, 0.25) is 5.88 Å². The van der Waals surface area contributed by atoms with Gasteiger partial charge in [-0.2, -0.15) is 5.26 Å². The van der Waals surface area contributed by atoms with Crippen LogP contribution in [0.5, 0.6) is 11.5 Å². The van der Waals surface area contributed by atoms with Crippen molar-refractivity contribution in [3.8, 4) is 17.6 Å². The lowest BCUT2D eigenvalue weighted by molar-refractivity contribution is -0.139. The minimum Gasteiger partial charge on any atom is -0.508 e. The van der Waals surface area contributed by atoms with Crippen molar-refractivity contribution in [1.82, 2.24) is 0 Å². The number of hydrogen-bond donors (Lipinski definition) is 2. The van der Waals surface area contributed by atoms with Crippen LogP contribution in [-0.2, 0) is 9.53 Å². The number of ether oxygens (including phenoxy) is 2. The quantitative estimate of drug-likeness (QED) is 0.834. The van der Waals surface area contributed by atoms with Crippen LogP contribution in [0, 0.1) is 11.3 Å². The highest BCUT2D eigenvalue weighted by molar-refractivity contribution is 5.93. The van der Waals surface area contributed by atoms with Gasteiger partial charge >= 0.3 is 5.97 Å². The molecule has 0 amide bonds. The zero-order valence-corrected chi connectivity index (χ0v) is 13.5. The number of fused-ring (bicyclic) bond motifs is 1. The molecule has 1 aliphatic rings. The minimum absolute atomic E-state index is 0.0125. The van der Waals surface area contributed by atoms with Gasteiger partial charge in [-0.05, 0) is 24.6 Å². The number of carbonyl (C=O) groups excluding carboxylic acids is 1. The maximum atomic E-state index is 12.5. The summed E-state index contributed by atoms with van der Waals surface area (Å²) in [7, 11) is 0. The Bertz CT molecular complexity index is 912. The van der Waals surface area contributed by atoms with E-state index in [-0.39, 0.29) is 23.8 Å². The van der Waals surface area contributed by atoms with Gasteiger partial charge in [-0.1, -0.05) is 24.3 Å². The monoisotopic (exact) mass is 336 g/mol. The summed E-state index contributed by atoms with van der Waals surface area (Å²) in [6.45, 7) is 1.88. The van der Waals surface area contributed by atoms with Crippen molar-refractivity contribution in [2.75, 3.05) is 6.61 Å². The lowest BCUT2D eigenvalue weighted by Crippen LogP contribution is -2.27. The van der Waals surface area contributed by atoms with Gasteiger partial charge in [-0.25, -0.2) is 4.79 Å². The van der Waals surface area contributed by atoms with Gasteiger partial charge in [0.25, 0.3) is 0 Å². The first-order valence-corrected chi connectivity index (χ1v) is 7.73. The van der Waals surface area contributed by atoms with Crippen molar-refractivity contribution in [2.45, 2.75) is 12.8 Å². The highest BCUT2D eigenvalue weighted by Gasteiger charge is 2.36. The number of nitrogens with two attached hydrogens (primary N) is 1. The number of nitrogens with zero attached hydrogens (tertiary/aromatic N) is 1. The minimum atomic E-state index is -0.626. The molecule has 1 unspecified atom stereocenters. The molecule has 2 aromatic carbocycles. The zero-order chi connectivity index (χ0) is 18.0. The molecule has 6 nitrogen and oxygen atoms in total. The summed E-state index contributed by atoms with van der Waals surface area (Å²) in [6.07, 6.45) is 0. The molecule has 1 aliphatic heterocycles. The first-order chi connectivity index (χ1) is 12.1. The van der Waals surface area contributed by atoms with Gasteiger partial charge in [0.15, 0.2) is 0 Å². The Morgan fingerprint density at radius 2 is 2.08 bits per heavy atom. The number of phenolic OH excluding ortho intramolecular Hbond substituents is 1. The van der Waals surface area contributed by atoms with Gasteiger partial charge in [0, 0.05) is 11.6 Å². The average molecular weight is 336 g/mol. The number of hydrogen-bond acceptors (Lipinski definition) is 6. The Balaban J connectivity index is 2.26. The van der Waals surface area contributed by atoms with E-state index in [0.717, 1.165) is 0 Å². The predicted octanol–water partition coefficient (Wildman–Crippen LogP) is 2.52. The fourth-order valence-corrected chi connectivity index (χ4v) is 2.92. The Morgan fingerprint density at radius 1 is 1.32 bits per heavy atom. The van der Waals surface area contributed by atoms with Crippen LogP contribution in [-0.4, -0.2) is 17.7 Å². The molecule has 0 spiro atoms. The molecule has 1 heterocycles. The highest BCUT2D eigenvalue weighted by atomic mass is 16.5. The third-order valence-electron chi connectivity index (χ3n) is 3.97. The van der Waals surface area contributed by atoms with Crippen LogP contribution in [0.1, 0.15) is 29.5 Å². The lowest BCUT2D eigenvalue weighted by Gasteiger charge is -2.29. The van der Waals surface area contributed by atoms with Crippen molar-refractivity contribution >= 4 is 5.97 Å². The van der Waals surface area contributed by atoms with E-state index in [2.05, 4.69) is 6.07 Å². The average Bonchev–Trinajstić information content (AvgIpc) is 2.60. The molecule has 0 aliphatic carbocycles. The van der Waals surface area contributed by atoms with Crippen LogP contribution in [0.4, 0.5) is 0 Å². The van der Waals surface area contributed by atoms with E-state index < -0.39 is 11.9 Å². The second-order valence-electron chi connectivity index (χ2n) is 5.45. The van der Waals surface area contributed by atoms with Crippen molar-refractivity contribution in [2.24, 2.45) is 5.73 Å². The van der Waals surface area contributed by atoms with Crippen LogP contribution in [0.25, 0.3) is 0 Å². The molecule has 3 N–H and O–H groups in total. The number of aromatic hydroxyl groups is 1. The first-order valence-electron chi connectivity index (χ1n) is 7.73. The van der Waals surface area contributed by atoms with E-state index in [1.165, 1.54) is 12.1 Å². The number of nitriles is 1. The molecule has 3 rings (SSSR count). The van der Waals surface area contributed by atoms with E-state index in [4.69, 9.17) is 15.2 Å². The molecule has 126 valence electrons. The van der Waals surface area contributed by atoms with Gasteiger partial charge in [0.05, 0.1) is 24.2 Å². The van der Waals surface area contributed by atoms with Crippen molar-refractivity contribution in [1.29, 1.82) is 5.26 Å². The van der Waals surface area contributed by atoms with E-state index in [0.29, 0.717) is 22.4 Å². The molecule has 2 aromatic rings. The molecule has 0 saturated heterocycles. The van der Waals surface area contributed by atoms with Gasteiger partial charge < -0.3 is 20.3 Å². The Hall–Kier alpha value is -3.46. The molecular weight excluding hydrogens is 320 g/mol. The summed E-state index contributed by atoms with van der Waals surface area (Å²) in [5.74, 6) is -0.980. The predicted molar refractivity (Wildman–Crippen MR) is 89.6 cm³/mol. The summed E-state index contributed by atoms with van der Waals surface area (Å²) >= 11 is 0. The van der Waals surface area contributed by atoms with Crippen LogP contribution in [0.3, 0.4) is 0 Å². The standard InChI is InChI=1S/C19H16N2O4/c1-2-24-19(23)17-16(13-6-4-3-5-11(13)10-20)14-8-7-12(22)9-15(14)25-18(17)21/h3-9,16,22H,2,21H2,1H3. The molecule has 0 bridgehead atoms. The van der Waals surface area contributed by atoms with Gasteiger partial charge in [0.1, 0.15) is 17.1 Å². The maximum Gasteiger partial charge on any atom is 0.340 e. The molecule has 0 saturated carbocycles. The summed E-state index contributed by atoms with van der Waals surface area (Å²) in [4.78, 5) is 12.5. The summed E-state index contributed by atoms with van der Waals surface area (Å²) in [5.41, 5.74) is 7.79. The maximum absolute atomic E-state index is 12.5. The van der Waals surface area contributed by atoms with E-state index >= 15 is 0 Å². The highest BCUT2D eigenvalue weighted by Crippen LogP contribution is 2.44.